The fourth-order valence-electron chi connectivity index (χ4n) is 3.18. The van der Waals surface area contributed by atoms with Crippen molar-refractivity contribution in [3.05, 3.63) is 89.2 Å². The number of ether oxygens (including phenoxy) is 1. The van der Waals surface area contributed by atoms with E-state index in [2.05, 4.69) is 4.98 Å². The molecule has 0 radical (unpaired) electrons. The number of anilines is 1. The summed E-state index contributed by atoms with van der Waals surface area (Å²) in [5, 5.41) is 0.541. The maximum atomic E-state index is 13.3. The second-order valence-electron chi connectivity index (χ2n) is 5.84. The fraction of sp³-hybridized carbons (Fsp3) is 0.100. The summed E-state index contributed by atoms with van der Waals surface area (Å²) in [5.74, 6) is 0.384. The molecule has 3 aromatic rings. The molecule has 0 bridgehead atoms. The molecular weight excluding hydrogens is 336 g/mol. The standard InChI is InChI=1S/C20H15ClN2O2/c1-23-17-11-10-14(21)13-16(17)20(19(23)24,18-9-5-6-12-22-18)25-15-7-3-2-4-8-15/h2-13H,1H3/t20-/m1/s1. The minimum absolute atomic E-state index is 0.202. The lowest BCUT2D eigenvalue weighted by atomic mass is 9.90. The lowest BCUT2D eigenvalue weighted by Gasteiger charge is -2.29. The lowest BCUT2D eigenvalue weighted by molar-refractivity contribution is -0.130. The molecule has 4 nitrogen and oxygen atoms in total. The minimum atomic E-state index is -1.36. The molecule has 124 valence electrons. The Bertz CT molecular complexity index is 931. The van der Waals surface area contributed by atoms with E-state index in [0.717, 1.165) is 5.69 Å². The van der Waals surface area contributed by atoms with Crippen LogP contribution in [0, 0.1) is 0 Å². The third-order valence-electron chi connectivity index (χ3n) is 4.34. The number of hydrogen-bond donors (Lipinski definition) is 0. The van der Waals surface area contributed by atoms with Crippen molar-refractivity contribution in [3.63, 3.8) is 0 Å². The lowest BCUT2D eigenvalue weighted by Crippen LogP contribution is -2.45. The van der Waals surface area contributed by atoms with E-state index < -0.39 is 5.60 Å². The van der Waals surface area contributed by atoms with Crippen LogP contribution in [0.5, 0.6) is 5.75 Å². The van der Waals surface area contributed by atoms with E-state index in [1.807, 2.05) is 48.5 Å². The van der Waals surface area contributed by atoms with Gasteiger partial charge in [0, 0.05) is 23.8 Å². The number of para-hydroxylation sites is 1. The van der Waals surface area contributed by atoms with Crippen LogP contribution in [-0.4, -0.2) is 17.9 Å². The van der Waals surface area contributed by atoms with Crippen LogP contribution in [0.1, 0.15) is 11.3 Å². The van der Waals surface area contributed by atoms with Crippen molar-refractivity contribution in [1.29, 1.82) is 0 Å². The first-order valence-electron chi connectivity index (χ1n) is 7.86. The molecule has 0 saturated carbocycles. The Labute approximate surface area is 150 Å². The van der Waals surface area contributed by atoms with Crippen molar-refractivity contribution in [1.82, 2.24) is 4.98 Å². The Morgan fingerprint density at radius 2 is 1.80 bits per heavy atom. The number of rotatable bonds is 3. The summed E-state index contributed by atoms with van der Waals surface area (Å²) in [4.78, 5) is 19.3. The largest absolute Gasteiger partial charge is 0.466 e. The van der Waals surface area contributed by atoms with Crippen molar-refractivity contribution in [2.75, 3.05) is 11.9 Å². The molecule has 2 heterocycles. The van der Waals surface area contributed by atoms with Gasteiger partial charge in [-0.25, -0.2) is 0 Å². The summed E-state index contributed by atoms with van der Waals surface area (Å²) in [7, 11) is 1.73. The van der Waals surface area contributed by atoms with Crippen LogP contribution in [0.2, 0.25) is 5.02 Å². The molecular formula is C20H15ClN2O2. The van der Waals surface area contributed by atoms with Gasteiger partial charge in [-0.2, -0.15) is 0 Å². The highest BCUT2D eigenvalue weighted by Crippen LogP contribution is 2.46. The summed E-state index contributed by atoms with van der Waals surface area (Å²) in [6.45, 7) is 0. The third-order valence-corrected chi connectivity index (χ3v) is 4.58. The van der Waals surface area contributed by atoms with Gasteiger partial charge in [0.05, 0.1) is 11.4 Å². The molecule has 5 heteroatoms. The van der Waals surface area contributed by atoms with E-state index >= 15 is 0 Å². The Morgan fingerprint density at radius 1 is 1.04 bits per heavy atom. The van der Waals surface area contributed by atoms with Crippen LogP contribution in [0.4, 0.5) is 5.69 Å². The van der Waals surface area contributed by atoms with E-state index in [0.29, 0.717) is 22.0 Å². The zero-order valence-electron chi connectivity index (χ0n) is 13.5. The van der Waals surface area contributed by atoms with E-state index in [4.69, 9.17) is 16.3 Å². The second kappa shape index (κ2) is 5.90. The summed E-state index contributed by atoms with van der Waals surface area (Å²) in [6.07, 6.45) is 1.65. The maximum absolute atomic E-state index is 13.3. The molecule has 4 rings (SSSR count). The van der Waals surface area contributed by atoms with E-state index in [1.165, 1.54) is 0 Å². The number of carbonyl (C=O) groups excluding carboxylic acids is 1. The van der Waals surface area contributed by atoms with Gasteiger partial charge in [0.25, 0.3) is 11.5 Å². The average molecular weight is 351 g/mol. The summed E-state index contributed by atoms with van der Waals surface area (Å²) in [5.41, 5.74) is 0.611. The molecule has 0 unspecified atom stereocenters. The van der Waals surface area contributed by atoms with Gasteiger partial charge in [-0.3, -0.25) is 9.78 Å². The number of likely N-dealkylation sites (N-methyl/N-ethyl adjacent to an activating group) is 1. The maximum Gasteiger partial charge on any atom is 0.282 e. The van der Waals surface area contributed by atoms with Crippen molar-refractivity contribution < 1.29 is 9.53 Å². The molecule has 0 fully saturated rings. The predicted octanol–water partition coefficient (Wildman–Crippen LogP) is 4.03. The number of aromatic nitrogens is 1. The Kier molecular flexibility index (Phi) is 3.70. The third kappa shape index (κ3) is 2.37. The van der Waals surface area contributed by atoms with Crippen LogP contribution >= 0.6 is 11.6 Å². The first-order valence-corrected chi connectivity index (χ1v) is 8.24. The normalized spacial score (nSPS) is 19.0. The molecule has 1 amide bonds. The van der Waals surface area contributed by atoms with Crippen LogP contribution in [0.15, 0.2) is 72.9 Å². The van der Waals surface area contributed by atoms with Crippen molar-refractivity contribution >= 4 is 23.2 Å². The molecule has 0 saturated heterocycles. The number of pyridine rings is 1. The first kappa shape index (κ1) is 15.7. The number of halogens is 1. The average Bonchev–Trinajstić information content (AvgIpc) is 2.85. The van der Waals surface area contributed by atoms with Crippen molar-refractivity contribution in [2.24, 2.45) is 0 Å². The van der Waals surface area contributed by atoms with E-state index in [9.17, 15) is 4.79 Å². The smallest absolute Gasteiger partial charge is 0.282 e. The fourth-order valence-corrected chi connectivity index (χ4v) is 3.35. The highest BCUT2D eigenvalue weighted by Gasteiger charge is 2.55. The second-order valence-corrected chi connectivity index (χ2v) is 6.27. The molecule has 0 aliphatic carbocycles. The Morgan fingerprint density at radius 3 is 2.52 bits per heavy atom. The van der Waals surface area contributed by atoms with Gasteiger partial charge in [-0.1, -0.05) is 35.9 Å². The molecule has 1 aromatic heterocycles. The summed E-state index contributed by atoms with van der Waals surface area (Å²) in [6, 6.07) is 20.1. The molecule has 25 heavy (non-hydrogen) atoms. The molecule has 0 N–H and O–H groups in total. The van der Waals surface area contributed by atoms with Crippen LogP contribution in [0.25, 0.3) is 0 Å². The van der Waals surface area contributed by atoms with Gasteiger partial charge in [-0.05, 0) is 42.5 Å². The van der Waals surface area contributed by atoms with Crippen LogP contribution in [-0.2, 0) is 10.4 Å². The number of fused-ring (bicyclic) bond motifs is 1. The van der Waals surface area contributed by atoms with Gasteiger partial charge >= 0.3 is 0 Å². The monoisotopic (exact) mass is 350 g/mol. The molecule has 2 aromatic carbocycles. The zero-order chi connectivity index (χ0) is 17.4. The number of benzene rings is 2. The van der Waals surface area contributed by atoms with Gasteiger partial charge in [-0.15, -0.1) is 0 Å². The van der Waals surface area contributed by atoms with E-state index in [-0.39, 0.29) is 5.91 Å². The molecule has 1 aliphatic heterocycles. The van der Waals surface area contributed by atoms with Gasteiger partial charge < -0.3 is 9.64 Å². The number of carbonyl (C=O) groups is 1. The van der Waals surface area contributed by atoms with Gasteiger partial charge in [0.15, 0.2) is 0 Å². The van der Waals surface area contributed by atoms with Crippen LogP contribution < -0.4 is 9.64 Å². The van der Waals surface area contributed by atoms with Crippen molar-refractivity contribution in [2.45, 2.75) is 5.60 Å². The van der Waals surface area contributed by atoms with Gasteiger partial charge in [0.1, 0.15) is 5.75 Å². The van der Waals surface area contributed by atoms with Crippen LogP contribution in [0.3, 0.4) is 0 Å². The SMILES string of the molecule is CN1C(=O)[C@](Oc2ccccc2)(c2ccccn2)c2cc(Cl)ccc21. The first-order chi connectivity index (χ1) is 12.1. The number of nitrogens with zero attached hydrogens (tertiary/aromatic N) is 2. The molecule has 1 aliphatic rings. The van der Waals surface area contributed by atoms with Gasteiger partial charge in [0.2, 0.25) is 0 Å². The molecule has 1 atom stereocenters. The highest BCUT2D eigenvalue weighted by atomic mass is 35.5. The Balaban J connectivity index is 1.99. The Hall–Kier alpha value is -2.85. The zero-order valence-corrected chi connectivity index (χ0v) is 14.3. The highest BCUT2D eigenvalue weighted by molar-refractivity contribution is 6.31. The summed E-state index contributed by atoms with van der Waals surface area (Å²) < 4.78 is 6.30. The quantitative estimate of drug-likeness (QED) is 0.716. The predicted molar refractivity (Wildman–Crippen MR) is 96.9 cm³/mol. The molecule has 0 spiro atoms. The van der Waals surface area contributed by atoms with Crippen molar-refractivity contribution in [3.8, 4) is 5.75 Å². The topological polar surface area (TPSA) is 42.4 Å². The summed E-state index contributed by atoms with van der Waals surface area (Å²) >= 11 is 6.23. The number of hydrogen-bond acceptors (Lipinski definition) is 3. The minimum Gasteiger partial charge on any atom is -0.466 e. The van der Waals surface area contributed by atoms with E-state index in [1.54, 1.807) is 36.3 Å². The number of amides is 1.